The van der Waals surface area contributed by atoms with Crippen molar-refractivity contribution in [1.82, 2.24) is 10.3 Å². The Kier molecular flexibility index (Phi) is 16.7. The molecule has 0 radical (unpaired) electrons. The van der Waals surface area contributed by atoms with Crippen LogP contribution in [-0.4, -0.2) is 127 Å². The lowest BCUT2D eigenvalue weighted by Gasteiger charge is -2.48. The second kappa shape index (κ2) is 20.7. The van der Waals surface area contributed by atoms with Gasteiger partial charge in [-0.15, -0.1) is 0 Å². The number of Topliss-reactive ketones (excluding diaryl/α,β-unsaturated/α-hetero) is 1. The van der Waals surface area contributed by atoms with E-state index >= 15 is 0 Å². The first-order valence-electron chi connectivity index (χ1n) is 22.9. The zero-order valence-electron chi connectivity index (χ0n) is 39.6. The van der Waals surface area contributed by atoms with Crippen LogP contribution in [0.3, 0.4) is 0 Å². The SMILES string of the molecule is Cc1nc(CC(=O)NCC[C@H]2OC(=O)[C@H](C)[C@@H](OC3CC(C)(C)C(O)C(C)O3)[C@H](C)[C@@H](OC3OC(C)CC(C)C3O)[C@](C)(O)C[C@@H](C)C(=O)[C@H](C)[C@@H](O)[C@]2(C)O)oc1-c1ccccc1. The van der Waals surface area contributed by atoms with E-state index in [0.29, 0.717) is 17.9 Å². The third kappa shape index (κ3) is 11.8. The van der Waals surface area contributed by atoms with Gasteiger partial charge in [0.05, 0.1) is 53.8 Å². The molecule has 16 nitrogen and oxygen atoms in total. The lowest BCUT2D eigenvalue weighted by molar-refractivity contribution is -0.312. The molecule has 1 amide bonds. The molecule has 16 heteroatoms. The number of amides is 1. The number of aliphatic hydroxyl groups is 5. The van der Waals surface area contributed by atoms with Gasteiger partial charge in [-0.1, -0.05) is 71.9 Å². The van der Waals surface area contributed by atoms with Gasteiger partial charge in [-0.3, -0.25) is 14.4 Å². The number of aryl methyl sites for hydroxylation is 1. The number of oxazole rings is 1. The summed E-state index contributed by atoms with van der Waals surface area (Å²) in [6.45, 7) is 20.1. The molecule has 0 bridgehead atoms. The molecule has 3 aliphatic rings. The van der Waals surface area contributed by atoms with Crippen molar-refractivity contribution in [3.05, 3.63) is 41.9 Å². The van der Waals surface area contributed by atoms with Crippen LogP contribution < -0.4 is 5.32 Å². The quantitative estimate of drug-likeness (QED) is 0.181. The number of nitrogens with zero attached hydrogens (tertiary/aromatic N) is 1. The molecule has 2 aromatic rings. The average molecular weight is 903 g/mol. The summed E-state index contributed by atoms with van der Waals surface area (Å²) in [7, 11) is 0. The third-order valence-corrected chi connectivity index (χ3v) is 13.9. The zero-order chi connectivity index (χ0) is 47.6. The van der Waals surface area contributed by atoms with Crippen molar-refractivity contribution < 1.29 is 68.0 Å². The van der Waals surface area contributed by atoms with Crippen LogP contribution in [0, 0.1) is 41.9 Å². The molecule has 3 fully saturated rings. The number of carbonyl (C=O) groups excluding carboxylic acids is 3. The van der Waals surface area contributed by atoms with Crippen LogP contribution in [0.4, 0.5) is 0 Å². The van der Waals surface area contributed by atoms with E-state index in [9.17, 15) is 39.9 Å². The Morgan fingerprint density at radius 1 is 0.891 bits per heavy atom. The summed E-state index contributed by atoms with van der Waals surface area (Å²) in [6.07, 6.45) is -10.3. The third-order valence-electron chi connectivity index (χ3n) is 13.9. The molecule has 0 spiro atoms. The Balaban J connectivity index is 1.47. The number of nitrogens with one attached hydrogen (secondary N) is 1. The number of benzene rings is 1. The van der Waals surface area contributed by atoms with Gasteiger partial charge in [0.15, 0.2) is 18.3 Å². The van der Waals surface area contributed by atoms with Crippen LogP contribution in [0.15, 0.2) is 34.7 Å². The highest BCUT2D eigenvalue weighted by Crippen LogP contribution is 2.42. The lowest BCUT2D eigenvalue weighted by Crippen LogP contribution is -2.59. The largest absolute Gasteiger partial charge is 0.459 e. The van der Waals surface area contributed by atoms with E-state index < -0.39 is 113 Å². The molecule has 4 heterocycles. The lowest BCUT2D eigenvalue weighted by atomic mass is 9.74. The van der Waals surface area contributed by atoms with Crippen molar-refractivity contribution in [2.45, 2.75) is 188 Å². The van der Waals surface area contributed by atoms with Crippen LogP contribution in [-0.2, 0) is 44.5 Å². The van der Waals surface area contributed by atoms with E-state index in [-0.39, 0.29) is 50.1 Å². The summed E-state index contributed by atoms with van der Waals surface area (Å²) < 4.78 is 37.6. The Labute approximate surface area is 377 Å². The van der Waals surface area contributed by atoms with Crippen molar-refractivity contribution >= 4 is 17.7 Å². The summed E-state index contributed by atoms with van der Waals surface area (Å²) in [5.41, 5.74) is -3.27. The predicted octanol–water partition coefficient (Wildman–Crippen LogP) is 4.42. The van der Waals surface area contributed by atoms with Crippen molar-refractivity contribution in [3.63, 3.8) is 0 Å². The molecule has 64 heavy (non-hydrogen) atoms. The number of ether oxygens (including phenoxy) is 5. The summed E-state index contributed by atoms with van der Waals surface area (Å²) in [5.74, 6) is -5.40. The minimum absolute atomic E-state index is 0.112. The highest BCUT2D eigenvalue weighted by atomic mass is 16.7. The van der Waals surface area contributed by atoms with Crippen LogP contribution in [0.5, 0.6) is 0 Å². The minimum Gasteiger partial charge on any atom is -0.459 e. The summed E-state index contributed by atoms with van der Waals surface area (Å²) in [5, 5.41) is 61.4. The minimum atomic E-state index is -2.22. The molecule has 0 aliphatic carbocycles. The van der Waals surface area contributed by atoms with Gasteiger partial charge < -0.3 is 59.0 Å². The Hall–Kier alpha value is -3.32. The maximum atomic E-state index is 14.6. The van der Waals surface area contributed by atoms with Gasteiger partial charge in [-0.05, 0) is 65.7 Å². The molecule has 17 atom stereocenters. The predicted molar refractivity (Wildman–Crippen MR) is 234 cm³/mol. The molecular weight excluding hydrogens is 829 g/mol. The highest BCUT2D eigenvalue weighted by Gasteiger charge is 2.53. The van der Waals surface area contributed by atoms with E-state index in [4.69, 9.17) is 28.1 Å². The molecular formula is C48H74N2O14. The molecule has 0 saturated carbocycles. The van der Waals surface area contributed by atoms with Gasteiger partial charge in [-0.25, -0.2) is 4.98 Å². The number of esters is 1. The molecule has 3 aliphatic heterocycles. The summed E-state index contributed by atoms with van der Waals surface area (Å²) in [4.78, 5) is 46.4. The van der Waals surface area contributed by atoms with Crippen LogP contribution in [0.1, 0.15) is 113 Å². The van der Waals surface area contributed by atoms with Crippen LogP contribution in [0.25, 0.3) is 11.3 Å². The molecule has 1 aromatic heterocycles. The summed E-state index contributed by atoms with van der Waals surface area (Å²) >= 11 is 0. The fourth-order valence-corrected chi connectivity index (χ4v) is 9.98. The topological polar surface area (TPSA) is 237 Å². The van der Waals surface area contributed by atoms with Gasteiger partial charge in [0.1, 0.15) is 30.0 Å². The fraction of sp³-hybridized carbons (Fsp3) is 0.750. The number of hydrogen-bond donors (Lipinski definition) is 6. The van der Waals surface area contributed by atoms with Crippen molar-refractivity contribution in [2.75, 3.05) is 6.54 Å². The van der Waals surface area contributed by atoms with E-state index in [1.165, 1.54) is 20.8 Å². The molecule has 1 aromatic carbocycles. The van der Waals surface area contributed by atoms with Gasteiger partial charge in [0.25, 0.3) is 0 Å². The van der Waals surface area contributed by atoms with Gasteiger partial charge in [0, 0.05) is 42.7 Å². The average Bonchev–Trinajstić information content (AvgIpc) is 3.59. The number of cyclic esters (lactones) is 1. The number of aromatic nitrogens is 1. The van der Waals surface area contributed by atoms with E-state index in [2.05, 4.69) is 10.3 Å². The maximum Gasteiger partial charge on any atom is 0.311 e. The second-order valence-corrected chi connectivity index (χ2v) is 20.2. The Morgan fingerprint density at radius 3 is 2.19 bits per heavy atom. The number of rotatable bonds is 10. The smallest absolute Gasteiger partial charge is 0.311 e. The van der Waals surface area contributed by atoms with E-state index in [1.54, 1.807) is 34.6 Å². The fourth-order valence-electron chi connectivity index (χ4n) is 9.98. The molecule has 7 unspecified atom stereocenters. The number of aliphatic hydroxyl groups excluding tert-OH is 3. The van der Waals surface area contributed by atoms with Crippen molar-refractivity contribution in [2.24, 2.45) is 35.0 Å². The first-order chi connectivity index (χ1) is 29.7. The normalized spacial score (nSPS) is 40.3. The molecule has 3 saturated heterocycles. The monoisotopic (exact) mass is 903 g/mol. The first-order valence-corrected chi connectivity index (χ1v) is 22.9. The van der Waals surface area contributed by atoms with Gasteiger partial charge in [0.2, 0.25) is 11.8 Å². The Morgan fingerprint density at radius 2 is 1.55 bits per heavy atom. The van der Waals surface area contributed by atoms with Crippen LogP contribution >= 0.6 is 0 Å². The first kappa shape index (κ1) is 51.7. The van der Waals surface area contributed by atoms with Crippen LogP contribution in [0.2, 0.25) is 0 Å². The number of hydrogen-bond acceptors (Lipinski definition) is 15. The van der Waals surface area contributed by atoms with Gasteiger partial charge >= 0.3 is 5.97 Å². The zero-order valence-corrected chi connectivity index (χ0v) is 39.6. The van der Waals surface area contributed by atoms with Crippen molar-refractivity contribution in [1.29, 1.82) is 0 Å². The molecule has 5 rings (SSSR count). The van der Waals surface area contributed by atoms with Crippen molar-refractivity contribution in [3.8, 4) is 11.3 Å². The Bertz CT molecular complexity index is 1880. The molecule has 6 N–H and O–H groups in total. The van der Waals surface area contributed by atoms with Gasteiger partial charge in [-0.2, -0.15) is 0 Å². The standard InChI is InChI=1S/C48H74N2O14/c1-24-20-26(3)59-45(38(24)53)64-43-28(5)39(63-36-23-46(9,10)42(55)31(8)60-36)29(6)44(56)61-33(48(12,58)41(54)27(4)37(52)25(2)22-47(43,11)57)18-19-49-34(51)21-35-50-30(7)40(62-35)32-16-14-13-15-17-32/h13-17,24-29,31,33,36,38-39,41-43,45,53-55,57-58H,18-23H2,1-12H3,(H,49,51)/t24?,25-,26?,27+,28+,29-,31?,33-,36?,38?,39+,41-,42?,43-,45?,47-,48-/m1/s1. The number of ketones is 1. The van der Waals surface area contributed by atoms with E-state index in [1.807, 2.05) is 58.0 Å². The maximum absolute atomic E-state index is 14.6. The summed E-state index contributed by atoms with van der Waals surface area (Å²) in [6, 6.07) is 9.37. The highest BCUT2D eigenvalue weighted by molar-refractivity contribution is 5.83. The number of carbonyl (C=O) groups is 3. The second-order valence-electron chi connectivity index (χ2n) is 20.2. The van der Waals surface area contributed by atoms with E-state index in [0.717, 1.165) is 5.56 Å². The molecule has 360 valence electrons.